The van der Waals surface area contributed by atoms with E-state index >= 15 is 0 Å². The van der Waals surface area contributed by atoms with E-state index in [-0.39, 0.29) is 6.61 Å². The van der Waals surface area contributed by atoms with Gasteiger partial charge in [0.1, 0.15) is 19.0 Å². The van der Waals surface area contributed by atoms with E-state index < -0.39 is 6.10 Å². The maximum absolute atomic E-state index is 9.83. The van der Waals surface area contributed by atoms with Gasteiger partial charge in [0.25, 0.3) is 0 Å². The number of aliphatic hydroxyl groups excluding tert-OH is 1. The number of ether oxygens (including phenoxy) is 2. The summed E-state index contributed by atoms with van der Waals surface area (Å²) in [6.07, 6.45) is 0.893. The maximum atomic E-state index is 9.83. The van der Waals surface area contributed by atoms with Crippen LogP contribution < -0.4 is 14.8 Å². The molecule has 20 heavy (non-hydrogen) atoms. The van der Waals surface area contributed by atoms with Gasteiger partial charge in [0.2, 0.25) is 0 Å². The first-order valence-electron chi connectivity index (χ1n) is 6.33. The molecule has 0 bridgehead atoms. The number of rotatable bonds is 8. The van der Waals surface area contributed by atoms with Crippen LogP contribution in [0.5, 0.6) is 11.5 Å². The number of nitrogens with one attached hydrogen (secondary N) is 1. The maximum Gasteiger partial charge on any atom is 0.161 e. The lowest BCUT2D eigenvalue weighted by molar-refractivity contribution is 0.104. The number of hydrogen-bond donors (Lipinski definition) is 2. The van der Waals surface area contributed by atoms with Crippen LogP contribution in [0.4, 0.5) is 0 Å². The molecule has 0 aliphatic carbocycles. The number of methoxy groups -OCH3 is 1. The monoisotopic (exact) mass is 278 g/mol. The fourth-order valence-corrected chi connectivity index (χ4v) is 1.68. The number of benzene rings is 1. The van der Waals surface area contributed by atoms with E-state index in [1.807, 2.05) is 18.2 Å². The van der Waals surface area contributed by atoms with Gasteiger partial charge in [-0.2, -0.15) is 0 Å². The summed E-state index contributed by atoms with van der Waals surface area (Å²) in [6.45, 7) is 1.14. The van der Waals surface area contributed by atoms with Crippen LogP contribution in [0.15, 0.2) is 41.1 Å². The van der Waals surface area contributed by atoms with Crippen LogP contribution in [0.2, 0.25) is 0 Å². The van der Waals surface area contributed by atoms with Crippen molar-refractivity contribution in [2.24, 2.45) is 0 Å². The highest BCUT2D eigenvalue weighted by Crippen LogP contribution is 2.25. The standard InChI is InChI=1S/C14H18N2O4/c1-18-13-4-2-3-5-14(13)19-10-12(17)9-15-8-11-6-7-20-16-11/h2-7,12,15,17H,8-10H2,1H3. The van der Waals surface area contributed by atoms with Crippen LogP contribution in [0, 0.1) is 0 Å². The highest BCUT2D eigenvalue weighted by Gasteiger charge is 2.08. The fourth-order valence-electron chi connectivity index (χ4n) is 1.68. The summed E-state index contributed by atoms with van der Waals surface area (Å²) in [5, 5.41) is 16.7. The molecule has 0 spiro atoms. The number of hydrogen-bond acceptors (Lipinski definition) is 6. The summed E-state index contributed by atoms with van der Waals surface area (Å²) in [6, 6.07) is 9.10. The smallest absolute Gasteiger partial charge is 0.161 e. The van der Waals surface area contributed by atoms with Crippen molar-refractivity contribution in [1.82, 2.24) is 10.5 Å². The van der Waals surface area contributed by atoms with Crippen molar-refractivity contribution < 1.29 is 19.1 Å². The van der Waals surface area contributed by atoms with Gasteiger partial charge in [0, 0.05) is 19.2 Å². The van der Waals surface area contributed by atoms with Crippen LogP contribution in [-0.4, -0.2) is 36.6 Å². The van der Waals surface area contributed by atoms with E-state index in [0.717, 1.165) is 5.69 Å². The molecule has 6 nitrogen and oxygen atoms in total. The molecule has 0 saturated carbocycles. The van der Waals surface area contributed by atoms with Crippen LogP contribution in [0.1, 0.15) is 5.69 Å². The molecule has 1 atom stereocenters. The Hall–Kier alpha value is -2.05. The SMILES string of the molecule is COc1ccccc1OCC(O)CNCc1ccon1. The van der Waals surface area contributed by atoms with E-state index in [2.05, 4.69) is 10.5 Å². The Kier molecular flexibility index (Phi) is 5.40. The minimum absolute atomic E-state index is 0.187. The predicted molar refractivity (Wildman–Crippen MR) is 72.7 cm³/mol. The summed E-state index contributed by atoms with van der Waals surface area (Å²) in [4.78, 5) is 0. The molecule has 1 unspecified atom stereocenters. The Morgan fingerprint density at radius 1 is 1.30 bits per heavy atom. The number of para-hydroxylation sites is 2. The topological polar surface area (TPSA) is 76.8 Å². The largest absolute Gasteiger partial charge is 0.493 e. The van der Waals surface area contributed by atoms with Gasteiger partial charge in [-0.1, -0.05) is 17.3 Å². The van der Waals surface area contributed by atoms with Crippen LogP contribution in [0.3, 0.4) is 0 Å². The second-order valence-electron chi connectivity index (χ2n) is 4.24. The number of nitrogens with zero attached hydrogens (tertiary/aromatic N) is 1. The molecule has 0 fully saturated rings. The summed E-state index contributed by atoms with van der Waals surface area (Å²) in [5.41, 5.74) is 0.794. The van der Waals surface area contributed by atoms with Crippen LogP contribution >= 0.6 is 0 Å². The van der Waals surface area contributed by atoms with Gasteiger partial charge in [-0.15, -0.1) is 0 Å². The second-order valence-corrected chi connectivity index (χ2v) is 4.24. The average Bonchev–Trinajstić information content (AvgIpc) is 2.98. The Labute approximate surface area is 117 Å². The average molecular weight is 278 g/mol. The molecule has 1 aromatic heterocycles. The summed E-state index contributed by atoms with van der Waals surface area (Å²) in [5.74, 6) is 1.26. The first kappa shape index (κ1) is 14.4. The van der Waals surface area contributed by atoms with Gasteiger partial charge >= 0.3 is 0 Å². The molecule has 0 aliphatic rings. The first-order chi connectivity index (χ1) is 9.79. The zero-order chi connectivity index (χ0) is 14.2. The van der Waals surface area contributed by atoms with Gasteiger partial charge in [-0.3, -0.25) is 0 Å². The molecule has 0 aliphatic heterocycles. The highest BCUT2D eigenvalue weighted by molar-refractivity contribution is 5.39. The lowest BCUT2D eigenvalue weighted by Gasteiger charge is -2.14. The zero-order valence-corrected chi connectivity index (χ0v) is 11.3. The zero-order valence-electron chi connectivity index (χ0n) is 11.3. The third-order valence-electron chi connectivity index (χ3n) is 2.68. The molecule has 6 heteroatoms. The van der Waals surface area contributed by atoms with Crippen molar-refractivity contribution in [3.8, 4) is 11.5 Å². The van der Waals surface area contributed by atoms with E-state index in [4.69, 9.17) is 14.0 Å². The van der Waals surface area contributed by atoms with Crippen molar-refractivity contribution >= 4 is 0 Å². The first-order valence-corrected chi connectivity index (χ1v) is 6.33. The quantitative estimate of drug-likeness (QED) is 0.756. The minimum Gasteiger partial charge on any atom is -0.493 e. The second kappa shape index (κ2) is 7.52. The third kappa shape index (κ3) is 4.25. The van der Waals surface area contributed by atoms with Crippen molar-refractivity contribution in [2.45, 2.75) is 12.6 Å². The van der Waals surface area contributed by atoms with Crippen LogP contribution in [-0.2, 0) is 6.54 Å². The Morgan fingerprint density at radius 3 is 2.80 bits per heavy atom. The Bertz CT molecular complexity index is 502. The minimum atomic E-state index is -0.619. The van der Waals surface area contributed by atoms with E-state index in [0.29, 0.717) is 24.6 Å². The Balaban J connectivity index is 1.70. The van der Waals surface area contributed by atoms with Crippen LogP contribution in [0.25, 0.3) is 0 Å². The van der Waals surface area contributed by atoms with Crippen molar-refractivity contribution in [1.29, 1.82) is 0 Å². The highest BCUT2D eigenvalue weighted by atomic mass is 16.5. The molecule has 0 saturated heterocycles. The Morgan fingerprint density at radius 2 is 2.10 bits per heavy atom. The molecule has 1 heterocycles. The molecule has 108 valence electrons. The normalized spacial score (nSPS) is 12.1. The molecule has 1 aromatic carbocycles. The lowest BCUT2D eigenvalue weighted by atomic mass is 10.3. The van der Waals surface area contributed by atoms with E-state index in [9.17, 15) is 5.11 Å². The fraction of sp³-hybridized carbons (Fsp3) is 0.357. The van der Waals surface area contributed by atoms with E-state index in [1.165, 1.54) is 6.26 Å². The van der Waals surface area contributed by atoms with Gasteiger partial charge in [-0.05, 0) is 12.1 Å². The lowest BCUT2D eigenvalue weighted by Crippen LogP contribution is -2.31. The summed E-state index contributed by atoms with van der Waals surface area (Å²) >= 11 is 0. The molecule has 2 N–H and O–H groups in total. The molecular weight excluding hydrogens is 260 g/mol. The van der Waals surface area contributed by atoms with Crippen molar-refractivity contribution in [2.75, 3.05) is 20.3 Å². The van der Waals surface area contributed by atoms with Gasteiger partial charge in [0.15, 0.2) is 11.5 Å². The molecule has 2 aromatic rings. The summed E-state index contributed by atoms with van der Waals surface area (Å²) in [7, 11) is 1.58. The molecule has 2 rings (SSSR count). The van der Waals surface area contributed by atoms with Crippen molar-refractivity contribution in [3.63, 3.8) is 0 Å². The van der Waals surface area contributed by atoms with E-state index in [1.54, 1.807) is 19.2 Å². The summed E-state index contributed by atoms with van der Waals surface area (Å²) < 4.78 is 15.4. The molecular formula is C14H18N2O4. The van der Waals surface area contributed by atoms with Crippen molar-refractivity contribution in [3.05, 3.63) is 42.3 Å². The number of aromatic nitrogens is 1. The molecule has 0 amide bonds. The molecule has 0 radical (unpaired) electrons. The third-order valence-corrected chi connectivity index (χ3v) is 2.68. The van der Waals surface area contributed by atoms with Gasteiger partial charge in [0.05, 0.1) is 12.8 Å². The number of aliphatic hydroxyl groups is 1. The van der Waals surface area contributed by atoms with Gasteiger partial charge in [-0.25, -0.2) is 0 Å². The van der Waals surface area contributed by atoms with Gasteiger partial charge < -0.3 is 24.4 Å². The predicted octanol–water partition coefficient (Wildman–Crippen LogP) is 1.21.